The Hall–Kier alpha value is -1.70. The van der Waals surface area contributed by atoms with Crippen LogP contribution >= 0.6 is 22.6 Å². The Morgan fingerprint density at radius 3 is 2.39 bits per heavy atom. The Bertz CT molecular complexity index is 735. The highest BCUT2D eigenvalue weighted by atomic mass is 127. The summed E-state index contributed by atoms with van der Waals surface area (Å²) in [6.07, 6.45) is 0. The van der Waals surface area contributed by atoms with Gasteiger partial charge in [-0.1, -0.05) is 0 Å². The topological polar surface area (TPSA) is 29.5 Å². The lowest BCUT2D eigenvalue weighted by Crippen LogP contribution is -2.37. The summed E-state index contributed by atoms with van der Waals surface area (Å²) in [5.41, 5.74) is 0.792. The molecule has 0 N–H and O–H groups in total. The van der Waals surface area contributed by atoms with E-state index in [0.29, 0.717) is 14.8 Å². The number of carbonyl (C=O) groups is 1. The molecule has 0 aromatic heterocycles. The molecule has 0 saturated carbocycles. The predicted octanol–water partition coefficient (Wildman–Crippen LogP) is 4.63. The lowest BCUT2D eigenvalue weighted by molar-refractivity contribution is 0.0979. The molecule has 6 heteroatoms. The van der Waals surface area contributed by atoms with Gasteiger partial charge in [-0.25, -0.2) is 8.78 Å². The number of anilines is 1. The number of benzene rings is 2. The summed E-state index contributed by atoms with van der Waals surface area (Å²) >= 11 is 1.91. The highest BCUT2D eigenvalue weighted by Crippen LogP contribution is 2.27. The molecule has 0 spiro atoms. The van der Waals surface area contributed by atoms with Crippen LogP contribution in [-0.4, -0.2) is 19.1 Å². The Morgan fingerprint density at radius 2 is 1.87 bits per heavy atom. The maximum Gasteiger partial charge on any atom is 0.259 e. The van der Waals surface area contributed by atoms with E-state index in [1.165, 1.54) is 42.3 Å². The van der Waals surface area contributed by atoms with Gasteiger partial charge in [-0.2, -0.15) is 0 Å². The van der Waals surface area contributed by atoms with Crippen molar-refractivity contribution in [3.63, 3.8) is 0 Å². The van der Waals surface area contributed by atoms with E-state index < -0.39 is 11.6 Å². The third-order valence-corrected chi connectivity index (χ3v) is 4.20. The molecule has 2 rings (SSSR count). The fourth-order valence-corrected chi connectivity index (χ4v) is 2.96. The van der Waals surface area contributed by atoms with E-state index in [9.17, 15) is 13.6 Å². The first-order chi connectivity index (χ1) is 10.8. The van der Waals surface area contributed by atoms with Gasteiger partial charge in [-0.3, -0.25) is 4.79 Å². The van der Waals surface area contributed by atoms with Crippen molar-refractivity contribution in [1.29, 1.82) is 0 Å². The van der Waals surface area contributed by atoms with Crippen LogP contribution in [0.4, 0.5) is 14.5 Å². The second-order valence-corrected chi connectivity index (χ2v) is 6.37. The van der Waals surface area contributed by atoms with Crippen molar-refractivity contribution in [3.05, 3.63) is 57.2 Å². The fraction of sp³-hybridized carbons (Fsp3) is 0.235. The molecule has 0 fully saturated rings. The van der Waals surface area contributed by atoms with E-state index in [-0.39, 0.29) is 17.7 Å². The number of ether oxygens (including phenoxy) is 1. The van der Waals surface area contributed by atoms with Gasteiger partial charge in [0.25, 0.3) is 5.91 Å². The Balaban J connectivity index is 2.46. The molecular formula is C17H16F2INO2. The van der Waals surface area contributed by atoms with Crippen LogP contribution < -0.4 is 9.64 Å². The van der Waals surface area contributed by atoms with Gasteiger partial charge in [0.05, 0.1) is 12.7 Å². The Labute approximate surface area is 147 Å². The van der Waals surface area contributed by atoms with Crippen LogP contribution in [0, 0.1) is 15.2 Å². The zero-order valence-electron chi connectivity index (χ0n) is 12.9. The molecule has 0 unspecified atom stereocenters. The molecular weight excluding hydrogens is 415 g/mol. The zero-order valence-corrected chi connectivity index (χ0v) is 15.1. The molecule has 122 valence electrons. The lowest BCUT2D eigenvalue weighted by Gasteiger charge is -2.27. The summed E-state index contributed by atoms with van der Waals surface area (Å²) in [7, 11) is 1.38. The van der Waals surface area contributed by atoms with Crippen LogP contribution in [-0.2, 0) is 0 Å². The van der Waals surface area contributed by atoms with Crippen LogP contribution in [0.2, 0.25) is 0 Å². The fourth-order valence-electron chi connectivity index (χ4n) is 2.25. The van der Waals surface area contributed by atoms with Gasteiger partial charge in [-0.05, 0) is 66.8 Å². The summed E-state index contributed by atoms with van der Waals surface area (Å²) in [6.45, 7) is 3.66. The summed E-state index contributed by atoms with van der Waals surface area (Å²) in [5, 5.41) is 0. The largest absolute Gasteiger partial charge is 0.494 e. The van der Waals surface area contributed by atoms with E-state index in [4.69, 9.17) is 4.74 Å². The van der Waals surface area contributed by atoms with E-state index >= 15 is 0 Å². The highest BCUT2D eigenvalue weighted by Gasteiger charge is 2.23. The number of hydrogen-bond acceptors (Lipinski definition) is 2. The zero-order chi connectivity index (χ0) is 17.1. The van der Waals surface area contributed by atoms with E-state index in [2.05, 4.69) is 0 Å². The molecule has 0 saturated heterocycles. The minimum Gasteiger partial charge on any atom is -0.494 e. The predicted molar refractivity (Wildman–Crippen MR) is 94.0 cm³/mol. The van der Waals surface area contributed by atoms with E-state index in [0.717, 1.165) is 0 Å². The number of halogens is 3. The quantitative estimate of drug-likeness (QED) is 0.661. The lowest BCUT2D eigenvalue weighted by atomic mass is 10.1. The third-order valence-electron chi connectivity index (χ3n) is 3.31. The first-order valence-electron chi connectivity index (χ1n) is 6.97. The molecule has 1 amide bonds. The average molecular weight is 431 g/mol. The molecule has 0 radical (unpaired) electrons. The van der Waals surface area contributed by atoms with Crippen LogP contribution in [0.5, 0.6) is 5.75 Å². The van der Waals surface area contributed by atoms with Gasteiger partial charge in [0.1, 0.15) is 5.82 Å². The molecule has 0 bridgehead atoms. The van der Waals surface area contributed by atoms with Gasteiger partial charge in [0, 0.05) is 21.4 Å². The monoisotopic (exact) mass is 431 g/mol. The van der Waals surface area contributed by atoms with Crippen molar-refractivity contribution >= 4 is 34.2 Å². The number of rotatable bonds is 4. The smallest absolute Gasteiger partial charge is 0.259 e. The first kappa shape index (κ1) is 17.7. The van der Waals surface area contributed by atoms with Crippen LogP contribution in [0.1, 0.15) is 24.2 Å². The van der Waals surface area contributed by atoms with Crippen LogP contribution in [0.25, 0.3) is 0 Å². The molecule has 0 aliphatic heterocycles. The van der Waals surface area contributed by atoms with Gasteiger partial charge in [0.2, 0.25) is 0 Å². The summed E-state index contributed by atoms with van der Waals surface area (Å²) in [4.78, 5) is 14.3. The summed E-state index contributed by atoms with van der Waals surface area (Å²) in [6, 6.07) is 8.13. The molecule has 0 aliphatic rings. The summed E-state index contributed by atoms with van der Waals surface area (Å²) < 4.78 is 32.6. The highest BCUT2D eigenvalue weighted by molar-refractivity contribution is 14.1. The second kappa shape index (κ2) is 7.25. The molecule has 0 heterocycles. The van der Waals surface area contributed by atoms with E-state index in [1.54, 1.807) is 6.07 Å². The number of hydrogen-bond donors (Lipinski definition) is 0. The maximum atomic E-state index is 14.0. The van der Waals surface area contributed by atoms with Crippen molar-refractivity contribution in [2.24, 2.45) is 0 Å². The number of methoxy groups -OCH3 is 1. The normalized spacial score (nSPS) is 10.7. The van der Waals surface area contributed by atoms with Crippen molar-refractivity contribution in [3.8, 4) is 5.75 Å². The average Bonchev–Trinajstić information content (AvgIpc) is 2.47. The van der Waals surface area contributed by atoms with Gasteiger partial charge in [0.15, 0.2) is 11.6 Å². The SMILES string of the molecule is COc1ccc(N(C(=O)c2ccc(F)cc2I)C(C)C)cc1F. The van der Waals surface area contributed by atoms with Gasteiger partial charge < -0.3 is 9.64 Å². The first-order valence-corrected chi connectivity index (χ1v) is 8.05. The standard InChI is InChI=1S/C17H16F2INO2/c1-10(2)21(12-5-7-16(23-3)14(19)9-12)17(22)13-6-4-11(18)8-15(13)20/h4-10H,1-3H3. The van der Waals surface area contributed by atoms with Crippen molar-refractivity contribution < 1.29 is 18.3 Å². The molecule has 0 atom stereocenters. The maximum absolute atomic E-state index is 14.0. The second-order valence-electron chi connectivity index (χ2n) is 5.21. The third kappa shape index (κ3) is 3.80. The van der Waals surface area contributed by atoms with Crippen LogP contribution in [0.15, 0.2) is 36.4 Å². The minimum atomic E-state index is -0.544. The minimum absolute atomic E-state index is 0.112. The number of nitrogens with zero attached hydrogens (tertiary/aromatic N) is 1. The van der Waals surface area contributed by atoms with Crippen LogP contribution in [0.3, 0.4) is 0 Å². The van der Waals surface area contributed by atoms with Crippen molar-refractivity contribution in [1.82, 2.24) is 0 Å². The molecule has 2 aromatic rings. The molecule has 0 aliphatic carbocycles. The van der Waals surface area contributed by atoms with Gasteiger partial charge in [-0.15, -0.1) is 0 Å². The number of carbonyl (C=O) groups excluding carboxylic acids is 1. The van der Waals surface area contributed by atoms with Gasteiger partial charge >= 0.3 is 0 Å². The Morgan fingerprint density at radius 1 is 1.17 bits per heavy atom. The Kier molecular flexibility index (Phi) is 5.56. The number of amides is 1. The molecule has 2 aromatic carbocycles. The summed E-state index contributed by atoms with van der Waals surface area (Å²) in [5.74, 6) is -1.15. The van der Waals surface area contributed by atoms with E-state index in [1.807, 2.05) is 36.4 Å². The van der Waals surface area contributed by atoms with Crippen molar-refractivity contribution in [2.45, 2.75) is 19.9 Å². The van der Waals surface area contributed by atoms with Crippen molar-refractivity contribution in [2.75, 3.05) is 12.0 Å². The molecule has 23 heavy (non-hydrogen) atoms. The molecule has 3 nitrogen and oxygen atoms in total.